The largest absolute Gasteiger partial charge is 0.416 e. The number of benzene rings is 1. The van der Waals surface area contributed by atoms with Gasteiger partial charge in [-0.3, -0.25) is 19.3 Å². The molecule has 4 aromatic rings. The van der Waals surface area contributed by atoms with Crippen molar-refractivity contribution in [3.05, 3.63) is 89.3 Å². The van der Waals surface area contributed by atoms with Crippen LogP contribution in [0.3, 0.4) is 0 Å². The molecule has 0 fully saturated rings. The Morgan fingerprint density at radius 1 is 0.975 bits per heavy atom. The number of aromatic nitrogens is 7. The molecule has 1 aromatic carbocycles. The maximum atomic E-state index is 14.6. The normalized spacial score (nSPS) is 13.0. The molecule has 210 valence electrons. The van der Waals surface area contributed by atoms with E-state index in [0.717, 1.165) is 28.6 Å². The highest BCUT2D eigenvalue weighted by Gasteiger charge is 2.30. The zero-order valence-electron chi connectivity index (χ0n) is 21.2. The maximum Gasteiger partial charge on any atom is 0.416 e. The lowest BCUT2D eigenvalue weighted by atomic mass is 10.1. The Bertz CT molecular complexity index is 1440. The molecule has 11 nitrogen and oxygen atoms in total. The number of rotatable bonds is 11. The molecule has 0 aliphatic carbocycles. The molecule has 0 aliphatic heterocycles. The fourth-order valence-electron chi connectivity index (χ4n) is 3.68. The van der Waals surface area contributed by atoms with Crippen molar-refractivity contribution in [3.63, 3.8) is 0 Å². The molecular formula is C25H25F4N9O2. The molecule has 0 saturated heterocycles. The van der Waals surface area contributed by atoms with E-state index in [2.05, 4.69) is 36.2 Å². The van der Waals surface area contributed by atoms with E-state index in [4.69, 9.17) is 0 Å². The molecule has 0 aliphatic rings. The number of nitrogens with zero attached hydrogens (tertiary/aromatic N) is 7. The Kier molecular flexibility index (Phi) is 8.81. The van der Waals surface area contributed by atoms with Crippen LogP contribution in [0.25, 0.3) is 0 Å². The Morgan fingerprint density at radius 2 is 1.65 bits per heavy atom. The highest BCUT2D eigenvalue weighted by molar-refractivity contribution is 5.92. The van der Waals surface area contributed by atoms with E-state index in [-0.39, 0.29) is 49.2 Å². The Balaban J connectivity index is 1.22. The molecule has 2 amide bonds. The second-order valence-electron chi connectivity index (χ2n) is 8.90. The van der Waals surface area contributed by atoms with Crippen molar-refractivity contribution in [1.29, 1.82) is 0 Å². The molecule has 2 atom stereocenters. The molecule has 3 heterocycles. The van der Waals surface area contributed by atoms with Crippen LogP contribution in [0.4, 0.5) is 17.6 Å². The van der Waals surface area contributed by atoms with Crippen LogP contribution in [0.1, 0.15) is 57.2 Å². The molecule has 0 spiro atoms. The zero-order chi connectivity index (χ0) is 28.7. The van der Waals surface area contributed by atoms with E-state index in [9.17, 15) is 27.2 Å². The SMILES string of the molecule is C[C@H](NC(=O)c1cn(CCC(F)Cn2cc(C(=O)NCc3cc(C(F)(F)F)ccn3)nn2)nn1)c1ccccc1. The number of pyridine rings is 1. The predicted octanol–water partition coefficient (Wildman–Crippen LogP) is 3.13. The molecular weight excluding hydrogens is 534 g/mol. The molecule has 4 rings (SSSR count). The summed E-state index contributed by atoms with van der Waals surface area (Å²) in [4.78, 5) is 28.6. The van der Waals surface area contributed by atoms with Gasteiger partial charge in [-0.05, 0) is 24.6 Å². The van der Waals surface area contributed by atoms with Gasteiger partial charge in [-0.1, -0.05) is 40.8 Å². The lowest BCUT2D eigenvalue weighted by Crippen LogP contribution is -2.26. The van der Waals surface area contributed by atoms with E-state index >= 15 is 0 Å². The Morgan fingerprint density at radius 3 is 2.38 bits per heavy atom. The van der Waals surface area contributed by atoms with Gasteiger partial charge in [0.15, 0.2) is 11.4 Å². The number of carbonyl (C=O) groups excluding carboxylic acids is 2. The molecule has 0 saturated carbocycles. The van der Waals surface area contributed by atoms with Crippen molar-refractivity contribution >= 4 is 11.8 Å². The first kappa shape index (κ1) is 28.3. The smallest absolute Gasteiger partial charge is 0.345 e. The molecule has 15 heteroatoms. The summed E-state index contributed by atoms with van der Waals surface area (Å²) in [6, 6.07) is 10.8. The number of amides is 2. The minimum Gasteiger partial charge on any atom is -0.345 e. The average molecular weight is 560 g/mol. The third-order valence-corrected chi connectivity index (χ3v) is 5.82. The summed E-state index contributed by atoms with van der Waals surface area (Å²) in [6.07, 6.45) is -2.23. The van der Waals surface area contributed by atoms with Crippen LogP contribution in [-0.4, -0.2) is 53.0 Å². The summed E-state index contributed by atoms with van der Waals surface area (Å²) in [5.74, 6) is -1.10. The Hall–Kier alpha value is -4.69. The van der Waals surface area contributed by atoms with Gasteiger partial charge in [-0.15, -0.1) is 10.2 Å². The minimum atomic E-state index is -4.53. The standard InChI is InChI=1S/C25H25F4N9O2/c1-16(17-5-3-2-4-6-17)32-24(40)22-14-37(35-34-22)10-8-19(26)13-38-15-21(33-36-38)23(39)31-12-20-11-18(7-9-30-20)25(27,28)29/h2-7,9,11,14-16,19H,8,10,12-13H2,1H3,(H,31,39)(H,32,40)/t16-,19?/m0/s1. The summed E-state index contributed by atoms with van der Waals surface area (Å²) in [7, 11) is 0. The molecule has 3 aromatic heterocycles. The third-order valence-electron chi connectivity index (χ3n) is 5.82. The van der Waals surface area contributed by atoms with Crippen LogP contribution < -0.4 is 10.6 Å². The van der Waals surface area contributed by atoms with Gasteiger partial charge in [0.1, 0.15) is 6.17 Å². The van der Waals surface area contributed by atoms with Gasteiger partial charge >= 0.3 is 6.18 Å². The minimum absolute atomic E-state index is 0.0128. The highest BCUT2D eigenvalue weighted by Crippen LogP contribution is 2.29. The van der Waals surface area contributed by atoms with Crippen molar-refractivity contribution in [1.82, 2.24) is 45.6 Å². The number of nitrogens with one attached hydrogen (secondary N) is 2. The van der Waals surface area contributed by atoms with Crippen LogP contribution in [-0.2, 0) is 25.8 Å². The quantitative estimate of drug-likeness (QED) is 0.270. The molecule has 2 N–H and O–H groups in total. The summed E-state index contributed by atoms with van der Waals surface area (Å²) < 4.78 is 55.6. The topological polar surface area (TPSA) is 133 Å². The number of aryl methyl sites for hydroxylation is 1. The van der Waals surface area contributed by atoms with E-state index in [1.807, 2.05) is 37.3 Å². The van der Waals surface area contributed by atoms with E-state index in [1.54, 1.807) is 0 Å². The number of halogens is 4. The van der Waals surface area contributed by atoms with Crippen molar-refractivity contribution in [2.24, 2.45) is 0 Å². The van der Waals surface area contributed by atoms with Gasteiger partial charge in [0, 0.05) is 19.2 Å². The van der Waals surface area contributed by atoms with Gasteiger partial charge in [-0.25, -0.2) is 9.07 Å². The van der Waals surface area contributed by atoms with Crippen LogP contribution in [0.5, 0.6) is 0 Å². The maximum absolute atomic E-state index is 14.6. The van der Waals surface area contributed by atoms with Crippen molar-refractivity contribution in [3.8, 4) is 0 Å². The summed E-state index contributed by atoms with van der Waals surface area (Å²) in [5.41, 5.74) is 0.0415. The van der Waals surface area contributed by atoms with E-state index in [1.165, 1.54) is 17.1 Å². The Labute approximate surface area is 225 Å². The highest BCUT2D eigenvalue weighted by atomic mass is 19.4. The van der Waals surface area contributed by atoms with Gasteiger partial charge in [0.25, 0.3) is 11.8 Å². The second-order valence-corrected chi connectivity index (χ2v) is 8.90. The first-order valence-electron chi connectivity index (χ1n) is 12.2. The summed E-state index contributed by atoms with van der Waals surface area (Å²) in [6.45, 7) is 1.52. The van der Waals surface area contributed by atoms with Gasteiger partial charge in [0.2, 0.25) is 0 Å². The number of carbonyl (C=O) groups is 2. The average Bonchev–Trinajstić information content (AvgIpc) is 3.61. The van der Waals surface area contributed by atoms with E-state index < -0.39 is 29.7 Å². The van der Waals surface area contributed by atoms with Crippen molar-refractivity contribution in [2.45, 2.75) is 51.4 Å². The van der Waals surface area contributed by atoms with Crippen molar-refractivity contribution < 1.29 is 27.2 Å². The first-order valence-corrected chi connectivity index (χ1v) is 12.2. The van der Waals surface area contributed by atoms with Crippen LogP contribution in [0, 0.1) is 0 Å². The fourth-order valence-corrected chi connectivity index (χ4v) is 3.68. The fraction of sp³-hybridized carbons (Fsp3) is 0.320. The van der Waals surface area contributed by atoms with Crippen LogP contribution in [0.2, 0.25) is 0 Å². The van der Waals surface area contributed by atoms with Gasteiger partial charge in [0.05, 0.1) is 42.8 Å². The molecule has 0 radical (unpaired) electrons. The van der Waals surface area contributed by atoms with E-state index in [0.29, 0.717) is 0 Å². The second kappa shape index (κ2) is 12.4. The third kappa shape index (κ3) is 7.68. The number of hydrogen-bond acceptors (Lipinski definition) is 7. The van der Waals surface area contributed by atoms with Crippen LogP contribution in [0.15, 0.2) is 61.1 Å². The predicted molar refractivity (Wildman–Crippen MR) is 132 cm³/mol. The van der Waals surface area contributed by atoms with Gasteiger partial charge in [-0.2, -0.15) is 13.2 Å². The monoisotopic (exact) mass is 559 g/mol. The van der Waals surface area contributed by atoms with Gasteiger partial charge < -0.3 is 10.6 Å². The van der Waals surface area contributed by atoms with Crippen molar-refractivity contribution in [2.75, 3.05) is 0 Å². The van der Waals surface area contributed by atoms with Crippen LogP contribution >= 0.6 is 0 Å². The molecule has 0 bridgehead atoms. The number of alkyl halides is 4. The number of hydrogen-bond donors (Lipinski definition) is 2. The molecule has 40 heavy (non-hydrogen) atoms. The lowest BCUT2D eigenvalue weighted by Gasteiger charge is -2.12. The zero-order valence-corrected chi connectivity index (χ0v) is 21.2. The molecule has 1 unspecified atom stereocenters. The summed E-state index contributed by atoms with van der Waals surface area (Å²) in [5, 5.41) is 20.4. The first-order chi connectivity index (χ1) is 19.1. The summed E-state index contributed by atoms with van der Waals surface area (Å²) >= 11 is 0. The lowest BCUT2D eigenvalue weighted by molar-refractivity contribution is -0.137.